The van der Waals surface area contributed by atoms with Crippen molar-refractivity contribution in [3.63, 3.8) is 0 Å². The molecule has 6 heteroatoms. The summed E-state index contributed by atoms with van der Waals surface area (Å²) < 4.78 is 15.1. The highest BCUT2D eigenvalue weighted by molar-refractivity contribution is 6.03. The minimum Gasteiger partial charge on any atom is -0.465 e. The van der Waals surface area contributed by atoms with Gasteiger partial charge in [0.05, 0.1) is 18.2 Å². The van der Waals surface area contributed by atoms with Gasteiger partial charge in [-0.25, -0.2) is 9.59 Å². The number of carbonyl (C=O) groups excluding carboxylic acids is 2. The van der Waals surface area contributed by atoms with Crippen molar-refractivity contribution in [1.29, 1.82) is 0 Å². The van der Waals surface area contributed by atoms with Crippen LogP contribution in [0.15, 0.2) is 65.2 Å². The summed E-state index contributed by atoms with van der Waals surface area (Å²) >= 11 is 0. The number of aromatic nitrogens is 1. The molecule has 0 spiro atoms. The number of esters is 2. The first kappa shape index (κ1) is 16.4. The number of carbonyl (C=O) groups is 2. The van der Waals surface area contributed by atoms with Crippen LogP contribution in [0, 0.1) is 0 Å². The topological polar surface area (TPSA) is 78.6 Å². The summed E-state index contributed by atoms with van der Waals surface area (Å²) in [7, 11) is 1.25. The molecule has 6 nitrogen and oxygen atoms in total. The molecule has 2 aromatic carbocycles. The maximum absolute atomic E-state index is 12.2. The van der Waals surface area contributed by atoms with Gasteiger partial charge in [-0.15, -0.1) is 0 Å². The van der Waals surface area contributed by atoms with Crippen LogP contribution in [0.4, 0.5) is 0 Å². The predicted octanol–water partition coefficient (Wildman–Crippen LogP) is 3.49. The van der Waals surface area contributed by atoms with Gasteiger partial charge >= 0.3 is 11.9 Å². The maximum Gasteiger partial charge on any atom is 0.339 e. The van der Waals surface area contributed by atoms with Crippen LogP contribution in [-0.2, 0) is 16.1 Å². The molecule has 0 amide bonds. The van der Waals surface area contributed by atoms with E-state index in [0.29, 0.717) is 11.5 Å². The number of methoxy groups -OCH3 is 1. The third-order valence-corrected chi connectivity index (χ3v) is 3.53. The molecule has 0 radical (unpaired) electrons. The van der Waals surface area contributed by atoms with E-state index in [9.17, 15) is 9.59 Å². The van der Waals surface area contributed by atoms with Crippen molar-refractivity contribution in [1.82, 2.24) is 5.16 Å². The molecule has 126 valence electrons. The molecule has 0 atom stereocenters. The van der Waals surface area contributed by atoms with Gasteiger partial charge in [-0.2, -0.15) is 0 Å². The summed E-state index contributed by atoms with van der Waals surface area (Å²) in [6, 6.07) is 17.5. The average Bonchev–Trinajstić information content (AvgIpc) is 3.15. The SMILES string of the molecule is COC(=O)c1ccccc1C(=O)OCc1cc(-c2ccccc2)no1. The smallest absolute Gasteiger partial charge is 0.339 e. The minimum atomic E-state index is -0.640. The fourth-order valence-corrected chi connectivity index (χ4v) is 2.29. The number of ether oxygens (including phenoxy) is 2. The average molecular weight is 337 g/mol. The van der Waals surface area contributed by atoms with Crippen molar-refractivity contribution in [2.24, 2.45) is 0 Å². The third kappa shape index (κ3) is 3.74. The first-order chi connectivity index (χ1) is 12.2. The maximum atomic E-state index is 12.2. The molecule has 0 aliphatic rings. The zero-order valence-corrected chi connectivity index (χ0v) is 13.5. The van der Waals surface area contributed by atoms with Crippen LogP contribution in [0.25, 0.3) is 11.3 Å². The molecule has 0 fully saturated rings. The Hall–Kier alpha value is -3.41. The van der Waals surface area contributed by atoms with Crippen LogP contribution < -0.4 is 0 Å². The molecule has 25 heavy (non-hydrogen) atoms. The van der Waals surface area contributed by atoms with E-state index >= 15 is 0 Å². The van der Waals surface area contributed by atoms with Gasteiger partial charge in [-0.1, -0.05) is 47.6 Å². The summed E-state index contributed by atoms with van der Waals surface area (Å²) in [6.07, 6.45) is 0. The second-order valence-corrected chi connectivity index (χ2v) is 5.16. The van der Waals surface area contributed by atoms with Crippen LogP contribution in [0.3, 0.4) is 0 Å². The Kier molecular flexibility index (Phi) is 4.89. The van der Waals surface area contributed by atoms with Gasteiger partial charge < -0.3 is 14.0 Å². The Morgan fingerprint density at radius 2 is 1.60 bits per heavy atom. The fourth-order valence-electron chi connectivity index (χ4n) is 2.29. The van der Waals surface area contributed by atoms with Gasteiger partial charge in [0.1, 0.15) is 5.69 Å². The highest BCUT2D eigenvalue weighted by Crippen LogP contribution is 2.19. The molecule has 0 unspecified atom stereocenters. The second-order valence-electron chi connectivity index (χ2n) is 5.16. The lowest BCUT2D eigenvalue weighted by Gasteiger charge is -2.06. The van der Waals surface area contributed by atoms with Gasteiger partial charge in [-0.05, 0) is 12.1 Å². The molecular weight excluding hydrogens is 322 g/mol. The Labute approximate surface area is 144 Å². The van der Waals surface area contributed by atoms with Gasteiger partial charge in [0.25, 0.3) is 0 Å². The van der Waals surface area contributed by atoms with Crippen LogP contribution in [0.1, 0.15) is 26.5 Å². The fraction of sp³-hybridized carbons (Fsp3) is 0.105. The van der Waals surface area contributed by atoms with E-state index < -0.39 is 11.9 Å². The van der Waals surface area contributed by atoms with E-state index in [1.165, 1.54) is 19.2 Å². The number of benzene rings is 2. The van der Waals surface area contributed by atoms with E-state index in [1.54, 1.807) is 18.2 Å². The van der Waals surface area contributed by atoms with Crippen LogP contribution >= 0.6 is 0 Å². The summed E-state index contributed by atoms with van der Waals surface area (Å²) in [6.45, 7) is -0.0891. The van der Waals surface area contributed by atoms with Crippen molar-refractivity contribution in [2.45, 2.75) is 6.61 Å². The number of nitrogens with zero attached hydrogens (tertiary/aromatic N) is 1. The Morgan fingerprint density at radius 1 is 0.960 bits per heavy atom. The van der Waals surface area contributed by atoms with Crippen LogP contribution in [0.2, 0.25) is 0 Å². The molecule has 0 bridgehead atoms. The van der Waals surface area contributed by atoms with Crippen LogP contribution in [0.5, 0.6) is 0 Å². The molecule has 0 N–H and O–H groups in total. The highest BCUT2D eigenvalue weighted by atomic mass is 16.6. The van der Waals surface area contributed by atoms with E-state index in [4.69, 9.17) is 9.26 Å². The molecule has 3 aromatic rings. The van der Waals surface area contributed by atoms with Crippen LogP contribution in [-0.4, -0.2) is 24.2 Å². The molecule has 3 rings (SSSR count). The van der Waals surface area contributed by atoms with Crippen molar-refractivity contribution in [3.05, 3.63) is 77.6 Å². The van der Waals surface area contributed by atoms with Crippen molar-refractivity contribution in [2.75, 3.05) is 7.11 Å². The minimum absolute atomic E-state index is 0.0891. The molecule has 0 saturated carbocycles. The standard InChI is InChI=1S/C19H15NO5/c1-23-18(21)15-9-5-6-10-16(15)19(22)24-12-14-11-17(20-25-14)13-7-3-2-4-8-13/h2-11H,12H2,1H3. The second kappa shape index (κ2) is 7.44. The molecule has 0 aliphatic carbocycles. The summed E-state index contributed by atoms with van der Waals surface area (Å²) in [5, 5.41) is 3.96. The summed E-state index contributed by atoms with van der Waals surface area (Å²) in [5.74, 6) is -0.833. The zero-order chi connectivity index (χ0) is 17.6. The van der Waals surface area contributed by atoms with Crippen molar-refractivity contribution >= 4 is 11.9 Å². The predicted molar refractivity (Wildman–Crippen MR) is 88.8 cm³/mol. The van der Waals surface area contributed by atoms with E-state index in [1.807, 2.05) is 30.3 Å². The third-order valence-electron chi connectivity index (χ3n) is 3.53. The van der Waals surface area contributed by atoms with E-state index in [2.05, 4.69) is 9.89 Å². The largest absolute Gasteiger partial charge is 0.465 e. The number of hydrogen-bond acceptors (Lipinski definition) is 6. The van der Waals surface area contributed by atoms with Gasteiger partial charge in [-0.3, -0.25) is 0 Å². The first-order valence-corrected chi connectivity index (χ1v) is 7.54. The summed E-state index contributed by atoms with van der Waals surface area (Å²) in [5.41, 5.74) is 1.84. The lowest BCUT2D eigenvalue weighted by molar-refractivity contribution is 0.0425. The monoisotopic (exact) mass is 337 g/mol. The Balaban J connectivity index is 1.70. The van der Waals surface area contributed by atoms with Crippen molar-refractivity contribution < 1.29 is 23.6 Å². The first-order valence-electron chi connectivity index (χ1n) is 7.54. The number of rotatable bonds is 5. The lowest BCUT2D eigenvalue weighted by Crippen LogP contribution is -2.12. The quantitative estimate of drug-likeness (QED) is 0.663. The Bertz CT molecular complexity index is 886. The highest BCUT2D eigenvalue weighted by Gasteiger charge is 2.19. The molecule has 0 aliphatic heterocycles. The molecule has 1 aromatic heterocycles. The molecule has 1 heterocycles. The Morgan fingerprint density at radius 3 is 2.28 bits per heavy atom. The van der Waals surface area contributed by atoms with Gasteiger partial charge in [0.15, 0.2) is 12.4 Å². The molecule has 0 saturated heterocycles. The summed E-state index contributed by atoms with van der Waals surface area (Å²) in [4.78, 5) is 24.0. The molecular formula is C19H15NO5. The lowest BCUT2D eigenvalue weighted by atomic mass is 10.1. The normalized spacial score (nSPS) is 10.3. The van der Waals surface area contributed by atoms with E-state index in [0.717, 1.165) is 5.56 Å². The van der Waals surface area contributed by atoms with Gasteiger partial charge in [0, 0.05) is 11.6 Å². The van der Waals surface area contributed by atoms with E-state index in [-0.39, 0.29) is 17.7 Å². The van der Waals surface area contributed by atoms with Gasteiger partial charge in [0.2, 0.25) is 0 Å². The zero-order valence-electron chi connectivity index (χ0n) is 13.5. The number of hydrogen-bond donors (Lipinski definition) is 0. The van der Waals surface area contributed by atoms with Crippen molar-refractivity contribution in [3.8, 4) is 11.3 Å².